The normalized spacial score (nSPS) is 10.4. The van der Waals surface area contributed by atoms with Crippen molar-refractivity contribution in [2.75, 3.05) is 0 Å². The van der Waals surface area contributed by atoms with Crippen LogP contribution in [0.25, 0.3) is 0 Å². The van der Waals surface area contributed by atoms with Gasteiger partial charge in [-0.15, -0.1) is 0 Å². The van der Waals surface area contributed by atoms with E-state index >= 15 is 0 Å². The highest BCUT2D eigenvalue weighted by Crippen LogP contribution is 1.92. The summed E-state index contributed by atoms with van der Waals surface area (Å²) in [5.74, 6) is -0.154. The number of amides is 1. The zero-order chi connectivity index (χ0) is 12.6. The van der Waals surface area contributed by atoms with Crippen LogP contribution in [0.4, 0.5) is 0 Å². The maximum atomic E-state index is 11.6. The van der Waals surface area contributed by atoms with Gasteiger partial charge >= 0.3 is 5.91 Å². The molecule has 0 radical (unpaired) electrons. The first-order chi connectivity index (χ1) is 8.84. The number of hydrogen-bond donors (Lipinski definition) is 1. The summed E-state index contributed by atoms with van der Waals surface area (Å²) in [6.45, 7) is 0.257. The molecule has 90 valence electrons. The highest BCUT2D eigenvalue weighted by molar-refractivity contribution is 5.81. The predicted octanol–water partition coefficient (Wildman–Crippen LogP) is 1.12. The molecule has 1 aromatic heterocycles. The fourth-order valence-electron chi connectivity index (χ4n) is 1.46. The van der Waals surface area contributed by atoms with E-state index in [1.807, 2.05) is 60.9 Å². The molecule has 0 aliphatic heterocycles. The van der Waals surface area contributed by atoms with Gasteiger partial charge in [0.15, 0.2) is 12.4 Å². The Morgan fingerprint density at radius 1 is 1.11 bits per heavy atom. The lowest BCUT2D eigenvalue weighted by molar-refractivity contribution is -0.684. The molecular weight excluding hydrogens is 226 g/mol. The van der Waals surface area contributed by atoms with Gasteiger partial charge in [-0.3, -0.25) is 4.79 Å². The summed E-state index contributed by atoms with van der Waals surface area (Å²) in [5.41, 5.74) is 3.44. The first-order valence-corrected chi connectivity index (χ1v) is 5.65. The average molecular weight is 240 g/mol. The number of nitrogens with one attached hydrogen (secondary N) is 1. The van der Waals surface area contributed by atoms with Crippen molar-refractivity contribution < 1.29 is 9.36 Å². The summed E-state index contributed by atoms with van der Waals surface area (Å²) < 4.78 is 1.79. The summed E-state index contributed by atoms with van der Waals surface area (Å²) in [6, 6.07) is 15.3. The van der Waals surface area contributed by atoms with Gasteiger partial charge in [0.05, 0.1) is 6.21 Å². The lowest BCUT2D eigenvalue weighted by Crippen LogP contribution is -2.40. The second-order valence-electron chi connectivity index (χ2n) is 3.75. The Labute approximate surface area is 106 Å². The van der Waals surface area contributed by atoms with E-state index in [9.17, 15) is 4.79 Å². The van der Waals surface area contributed by atoms with Crippen molar-refractivity contribution in [2.45, 2.75) is 6.54 Å². The van der Waals surface area contributed by atoms with Gasteiger partial charge in [-0.25, -0.2) is 5.43 Å². The quantitative estimate of drug-likeness (QED) is 0.486. The van der Waals surface area contributed by atoms with Crippen molar-refractivity contribution in [2.24, 2.45) is 5.10 Å². The van der Waals surface area contributed by atoms with E-state index < -0.39 is 0 Å². The fourth-order valence-corrected chi connectivity index (χ4v) is 1.46. The van der Waals surface area contributed by atoms with Crippen LogP contribution in [0.15, 0.2) is 66.0 Å². The molecule has 2 aromatic rings. The van der Waals surface area contributed by atoms with Crippen LogP contribution in [0.3, 0.4) is 0 Å². The topological polar surface area (TPSA) is 45.3 Å². The van der Waals surface area contributed by atoms with E-state index in [-0.39, 0.29) is 12.5 Å². The van der Waals surface area contributed by atoms with Gasteiger partial charge in [0, 0.05) is 12.1 Å². The molecule has 0 atom stereocenters. The van der Waals surface area contributed by atoms with Gasteiger partial charge in [0.2, 0.25) is 6.54 Å². The van der Waals surface area contributed by atoms with Crippen molar-refractivity contribution in [3.8, 4) is 0 Å². The van der Waals surface area contributed by atoms with E-state index in [4.69, 9.17) is 0 Å². The molecule has 1 N–H and O–H groups in total. The van der Waals surface area contributed by atoms with Gasteiger partial charge in [0.25, 0.3) is 0 Å². The van der Waals surface area contributed by atoms with Crippen LogP contribution in [0, 0.1) is 0 Å². The molecule has 4 heteroatoms. The van der Waals surface area contributed by atoms with Crippen molar-refractivity contribution in [3.05, 3.63) is 66.5 Å². The van der Waals surface area contributed by atoms with Crippen LogP contribution in [0.1, 0.15) is 5.56 Å². The van der Waals surface area contributed by atoms with E-state index in [0.29, 0.717) is 0 Å². The summed E-state index contributed by atoms with van der Waals surface area (Å²) >= 11 is 0. The smallest absolute Gasteiger partial charge is 0.266 e. The zero-order valence-electron chi connectivity index (χ0n) is 9.86. The average Bonchev–Trinajstić information content (AvgIpc) is 2.41. The first-order valence-electron chi connectivity index (χ1n) is 5.65. The number of carbonyl (C=O) groups excluding carboxylic acids is 1. The number of hydrazone groups is 1. The van der Waals surface area contributed by atoms with E-state index in [1.165, 1.54) is 0 Å². The van der Waals surface area contributed by atoms with Crippen LogP contribution in [0.5, 0.6) is 0 Å². The molecule has 1 amide bonds. The standard InChI is InChI=1S/C14H13N3O/c18-14(12-17-9-5-2-6-10-17)16-15-11-13-7-3-1-4-8-13/h1-11H,12H2/p+1/b15-11+. The van der Waals surface area contributed by atoms with E-state index in [2.05, 4.69) is 10.5 Å². The molecule has 0 fully saturated rings. The summed E-state index contributed by atoms with van der Waals surface area (Å²) in [5, 5.41) is 3.90. The molecule has 0 aliphatic rings. The number of rotatable bonds is 4. The third kappa shape index (κ3) is 3.83. The molecule has 0 aliphatic carbocycles. The minimum atomic E-state index is -0.154. The van der Waals surface area contributed by atoms with Crippen LogP contribution < -0.4 is 9.99 Å². The van der Waals surface area contributed by atoms with Crippen LogP contribution >= 0.6 is 0 Å². The second kappa shape index (κ2) is 6.30. The Hall–Kier alpha value is -2.49. The van der Waals surface area contributed by atoms with E-state index in [0.717, 1.165) is 5.56 Å². The largest absolute Gasteiger partial charge is 0.305 e. The fraction of sp³-hybridized carbons (Fsp3) is 0.0714. The molecule has 1 heterocycles. The maximum absolute atomic E-state index is 11.6. The third-order valence-electron chi connectivity index (χ3n) is 2.31. The lowest BCUT2D eigenvalue weighted by Gasteiger charge is -1.96. The molecule has 1 aromatic carbocycles. The predicted molar refractivity (Wildman–Crippen MR) is 68.8 cm³/mol. The Bertz CT molecular complexity index is 523. The minimum absolute atomic E-state index is 0.154. The van der Waals surface area contributed by atoms with Crippen molar-refractivity contribution in [1.29, 1.82) is 0 Å². The number of carbonyl (C=O) groups is 1. The maximum Gasteiger partial charge on any atom is 0.305 e. The number of nitrogens with zero attached hydrogens (tertiary/aromatic N) is 2. The Morgan fingerprint density at radius 2 is 1.78 bits per heavy atom. The molecule has 0 saturated carbocycles. The van der Waals surface area contributed by atoms with Crippen LogP contribution in [-0.2, 0) is 11.3 Å². The highest BCUT2D eigenvalue weighted by atomic mass is 16.2. The van der Waals surface area contributed by atoms with Crippen LogP contribution in [0.2, 0.25) is 0 Å². The van der Waals surface area contributed by atoms with Gasteiger partial charge < -0.3 is 0 Å². The van der Waals surface area contributed by atoms with Crippen molar-refractivity contribution >= 4 is 12.1 Å². The van der Waals surface area contributed by atoms with Gasteiger partial charge in [-0.05, 0) is 5.56 Å². The molecule has 0 spiro atoms. The van der Waals surface area contributed by atoms with Gasteiger partial charge in [-0.2, -0.15) is 9.67 Å². The number of aromatic nitrogens is 1. The Kier molecular flexibility index (Phi) is 4.19. The second-order valence-corrected chi connectivity index (χ2v) is 3.75. The SMILES string of the molecule is O=C(C[n+]1ccccc1)N/N=C/c1ccccc1. The van der Waals surface area contributed by atoms with Crippen LogP contribution in [-0.4, -0.2) is 12.1 Å². The molecule has 0 unspecified atom stereocenters. The summed E-state index contributed by atoms with van der Waals surface area (Å²) in [6.07, 6.45) is 5.29. The van der Waals surface area contributed by atoms with Gasteiger partial charge in [-0.1, -0.05) is 36.4 Å². The van der Waals surface area contributed by atoms with Gasteiger partial charge in [0.1, 0.15) is 0 Å². The summed E-state index contributed by atoms with van der Waals surface area (Å²) in [4.78, 5) is 11.6. The molecule has 0 bridgehead atoms. The molecular formula is C14H14N3O+. The van der Waals surface area contributed by atoms with E-state index in [1.54, 1.807) is 10.8 Å². The molecule has 18 heavy (non-hydrogen) atoms. The molecule has 2 rings (SSSR count). The van der Waals surface area contributed by atoms with Crippen molar-refractivity contribution in [3.63, 3.8) is 0 Å². The number of hydrogen-bond acceptors (Lipinski definition) is 2. The molecule has 0 saturated heterocycles. The highest BCUT2D eigenvalue weighted by Gasteiger charge is 2.06. The first kappa shape index (κ1) is 12.0. The molecule has 4 nitrogen and oxygen atoms in total. The van der Waals surface area contributed by atoms with Crippen molar-refractivity contribution in [1.82, 2.24) is 5.43 Å². The minimum Gasteiger partial charge on any atom is -0.266 e. The number of benzene rings is 1. The Morgan fingerprint density at radius 3 is 2.50 bits per heavy atom. The third-order valence-corrected chi connectivity index (χ3v) is 2.31. The summed E-state index contributed by atoms with van der Waals surface area (Å²) in [7, 11) is 0. The lowest BCUT2D eigenvalue weighted by atomic mass is 10.2. The zero-order valence-corrected chi connectivity index (χ0v) is 9.86. The number of pyridine rings is 1. The monoisotopic (exact) mass is 240 g/mol. The Balaban J connectivity index is 1.84.